The third-order valence-corrected chi connectivity index (χ3v) is 4.08. The third kappa shape index (κ3) is 3.27. The molecule has 0 aliphatic carbocycles. The van der Waals surface area contributed by atoms with E-state index in [9.17, 15) is 5.11 Å². The van der Waals surface area contributed by atoms with E-state index in [0.29, 0.717) is 17.3 Å². The Balaban J connectivity index is 1.92. The number of furan rings is 1. The highest BCUT2D eigenvalue weighted by molar-refractivity contribution is 9.10. The van der Waals surface area contributed by atoms with Gasteiger partial charge in [0.25, 0.3) is 0 Å². The first-order chi connectivity index (χ1) is 10.7. The number of fused-ring (bicyclic) bond motifs is 1. The van der Waals surface area contributed by atoms with Crippen LogP contribution in [0.1, 0.15) is 18.2 Å². The van der Waals surface area contributed by atoms with Gasteiger partial charge in [-0.1, -0.05) is 27.5 Å². The summed E-state index contributed by atoms with van der Waals surface area (Å²) in [5.41, 5.74) is 0.733. The third-order valence-electron chi connectivity index (χ3n) is 3.34. The Morgan fingerprint density at radius 1 is 1.32 bits per heavy atom. The molecule has 114 valence electrons. The van der Waals surface area contributed by atoms with E-state index in [0.717, 1.165) is 21.1 Å². The molecule has 0 spiro atoms. The standard InChI is InChI=1S/C16H14BrClN2O2/c17-11-8-10-3-4-15(20-16(10)12(18)9-11)19-13(5-6-21)14-2-1-7-22-14/h1-4,7-9,13,21H,5-6H2,(H,19,20). The van der Waals surface area contributed by atoms with Crippen molar-refractivity contribution in [2.24, 2.45) is 0 Å². The van der Waals surface area contributed by atoms with Crippen molar-refractivity contribution < 1.29 is 9.52 Å². The van der Waals surface area contributed by atoms with Gasteiger partial charge in [-0.3, -0.25) is 0 Å². The Morgan fingerprint density at radius 2 is 2.18 bits per heavy atom. The van der Waals surface area contributed by atoms with Gasteiger partial charge < -0.3 is 14.8 Å². The zero-order valence-corrected chi connectivity index (χ0v) is 13.9. The molecule has 2 heterocycles. The first-order valence-electron chi connectivity index (χ1n) is 6.84. The van der Waals surface area contributed by atoms with Gasteiger partial charge in [-0.15, -0.1) is 0 Å². The molecule has 4 nitrogen and oxygen atoms in total. The van der Waals surface area contributed by atoms with E-state index in [2.05, 4.69) is 26.2 Å². The Hall–Kier alpha value is -1.56. The fraction of sp³-hybridized carbons (Fsp3) is 0.188. The van der Waals surface area contributed by atoms with Gasteiger partial charge in [-0.2, -0.15) is 0 Å². The first-order valence-corrected chi connectivity index (χ1v) is 8.01. The summed E-state index contributed by atoms with van der Waals surface area (Å²) in [4.78, 5) is 4.56. The average Bonchev–Trinajstić information content (AvgIpc) is 3.01. The lowest BCUT2D eigenvalue weighted by atomic mass is 10.1. The van der Waals surface area contributed by atoms with Crippen molar-refractivity contribution in [1.82, 2.24) is 4.98 Å². The largest absolute Gasteiger partial charge is 0.467 e. The predicted octanol–water partition coefficient (Wildman–Crippen LogP) is 4.78. The van der Waals surface area contributed by atoms with Crippen molar-refractivity contribution in [3.8, 4) is 0 Å². The van der Waals surface area contributed by atoms with Gasteiger partial charge in [0, 0.05) is 16.5 Å². The smallest absolute Gasteiger partial charge is 0.127 e. The van der Waals surface area contributed by atoms with Crippen molar-refractivity contribution in [2.75, 3.05) is 11.9 Å². The summed E-state index contributed by atoms with van der Waals surface area (Å²) in [5.74, 6) is 1.45. The van der Waals surface area contributed by atoms with E-state index >= 15 is 0 Å². The molecule has 6 heteroatoms. The second-order valence-electron chi connectivity index (χ2n) is 4.88. The summed E-state index contributed by atoms with van der Waals surface area (Å²) < 4.78 is 6.33. The molecule has 2 aromatic heterocycles. The SMILES string of the molecule is OCCC(Nc1ccc2cc(Br)cc(Cl)c2n1)c1ccco1. The van der Waals surface area contributed by atoms with Crippen LogP contribution in [0.25, 0.3) is 10.9 Å². The van der Waals surface area contributed by atoms with E-state index in [1.165, 1.54) is 0 Å². The van der Waals surface area contributed by atoms with Gasteiger partial charge >= 0.3 is 0 Å². The molecule has 1 atom stereocenters. The van der Waals surface area contributed by atoms with Crippen LogP contribution in [0.4, 0.5) is 5.82 Å². The van der Waals surface area contributed by atoms with Crippen LogP contribution in [-0.4, -0.2) is 16.7 Å². The maximum Gasteiger partial charge on any atom is 0.127 e. The van der Waals surface area contributed by atoms with E-state index in [-0.39, 0.29) is 12.6 Å². The van der Waals surface area contributed by atoms with Crippen molar-refractivity contribution in [2.45, 2.75) is 12.5 Å². The summed E-state index contributed by atoms with van der Waals surface area (Å²) in [6.07, 6.45) is 2.14. The molecule has 0 aliphatic rings. The highest BCUT2D eigenvalue weighted by atomic mass is 79.9. The molecule has 3 rings (SSSR count). The Morgan fingerprint density at radius 3 is 2.91 bits per heavy atom. The number of pyridine rings is 1. The minimum absolute atomic E-state index is 0.0552. The highest BCUT2D eigenvalue weighted by Crippen LogP contribution is 2.29. The molecule has 3 aromatic rings. The van der Waals surface area contributed by atoms with Crippen LogP contribution < -0.4 is 5.32 Å². The highest BCUT2D eigenvalue weighted by Gasteiger charge is 2.15. The molecule has 22 heavy (non-hydrogen) atoms. The van der Waals surface area contributed by atoms with Crippen LogP contribution in [0.15, 0.2) is 51.6 Å². The number of hydrogen-bond acceptors (Lipinski definition) is 4. The number of aliphatic hydroxyl groups is 1. The van der Waals surface area contributed by atoms with Crippen LogP contribution in [0.3, 0.4) is 0 Å². The number of aromatic nitrogens is 1. The summed E-state index contributed by atoms with van der Waals surface area (Å²) in [6, 6.07) is 11.2. The van der Waals surface area contributed by atoms with Gasteiger partial charge in [0.05, 0.1) is 22.8 Å². The zero-order chi connectivity index (χ0) is 15.5. The summed E-state index contributed by atoms with van der Waals surface area (Å²) in [6.45, 7) is 0.0552. The second kappa shape index (κ2) is 6.69. The van der Waals surface area contributed by atoms with Crippen molar-refractivity contribution in [3.63, 3.8) is 0 Å². The van der Waals surface area contributed by atoms with Crippen molar-refractivity contribution in [1.29, 1.82) is 0 Å². The maximum absolute atomic E-state index is 9.23. The molecule has 2 N–H and O–H groups in total. The van der Waals surface area contributed by atoms with Gasteiger partial charge in [0.15, 0.2) is 0 Å². The van der Waals surface area contributed by atoms with Gasteiger partial charge in [-0.05, 0) is 42.8 Å². The van der Waals surface area contributed by atoms with E-state index in [1.54, 1.807) is 6.26 Å². The lowest BCUT2D eigenvalue weighted by Crippen LogP contribution is -2.12. The molecule has 0 fully saturated rings. The molecular weight excluding hydrogens is 368 g/mol. The maximum atomic E-state index is 9.23. The molecule has 1 aromatic carbocycles. The molecule has 0 aliphatic heterocycles. The Bertz CT molecular complexity index is 777. The zero-order valence-electron chi connectivity index (χ0n) is 11.6. The quantitative estimate of drug-likeness (QED) is 0.668. The van der Waals surface area contributed by atoms with E-state index < -0.39 is 0 Å². The molecule has 0 radical (unpaired) electrons. The number of benzene rings is 1. The number of nitrogens with zero attached hydrogens (tertiary/aromatic N) is 1. The van der Waals surface area contributed by atoms with Crippen LogP contribution >= 0.6 is 27.5 Å². The first kappa shape index (κ1) is 15.3. The Labute approximate surface area is 141 Å². The summed E-state index contributed by atoms with van der Waals surface area (Å²) >= 11 is 9.67. The second-order valence-corrected chi connectivity index (χ2v) is 6.20. The summed E-state index contributed by atoms with van der Waals surface area (Å²) in [7, 11) is 0. The predicted molar refractivity (Wildman–Crippen MR) is 91.2 cm³/mol. The van der Waals surface area contributed by atoms with E-state index in [4.69, 9.17) is 16.0 Å². The van der Waals surface area contributed by atoms with Gasteiger partial charge in [0.1, 0.15) is 11.6 Å². The number of halogens is 2. The van der Waals surface area contributed by atoms with Crippen LogP contribution in [0, 0.1) is 0 Å². The average molecular weight is 382 g/mol. The van der Waals surface area contributed by atoms with Crippen LogP contribution in [0.2, 0.25) is 5.02 Å². The minimum Gasteiger partial charge on any atom is -0.467 e. The number of aliphatic hydroxyl groups excluding tert-OH is 1. The van der Waals surface area contributed by atoms with Crippen LogP contribution in [-0.2, 0) is 0 Å². The Kier molecular flexibility index (Phi) is 4.66. The molecule has 0 amide bonds. The number of rotatable bonds is 5. The number of anilines is 1. The molecule has 0 saturated heterocycles. The lowest BCUT2D eigenvalue weighted by Gasteiger charge is -2.16. The fourth-order valence-corrected chi connectivity index (χ4v) is 3.20. The molecule has 0 bridgehead atoms. The lowest BCUT2D eigenvalue weighted by molar-refractivity contribution is 0.273. The molecular formula is C16H14BrClN2O2. The number of nitrogens with one attached hydrogen (secondary N) is 1. The van der Waals surface area contributed by atoms with E-state index in [1.807, 2.05) is 36.4 Å². The van der Waals surface area contributed by atoms with Gasteiger partial charge in [-0.25, -0.2) is 4.98 Å². The summed E-state index contributed by atoms with van der Waals surface area (Å²) in [5, 5.41) is 14.1. The fourth-order valence-electron chi connectivity index (χ4n) is 2.32. The monoisotopic (exact) mass is 380 g/mol. The van der Waals surface area contributed by atoms with Crippen LogP contribution in [0.5, 0.6) is 0 Å². The van der Waals surface area contributed by atoms with Crippen molar-refractivity contribution >= 4 is 44.3 Å². The molecule has 1 unspecified atom stereocenters. The van der Waals surface area contributed by atoms with Gasteiger partial charge in [0.2, 0.25) is 0 Å². The number of hydrogen-bond donors (Lipinski definition) is 2. The van der Waals surface area contributed by atoms with Crippen molar-refractivity contribution in [3.05, 3.63) is 57.9 Å². The topological polar surface area (TPSA) is 58.3 Å². The normalized spacial score (nSPS) is 12.5. The minimum atomic E-state index is -0.140. The molecule has 0 saturated carbocycles.